The summed E-state index contributed by atoms with van der Waals surface area (Å²) < 4.78 is 13.2. The third-order valence-electron chi connectivity index (χ3n) is 4.42. The molecular formula is C18H20FN. The Morgan fingerprint density at radius 2 is 1.45 bits per heavy atom. The minimum atomic E-state index is -0.161. The molecule has 1 aliphatic rings. The Kier molecular flexibility index (Phi) is 4.10. The Bertz CT molecular complexity index is 529. The predicted octanol–water partition coefficient (Wildman–Crippen LogP) is 4.93. The van der Waals surface area contributed by atoms with Gasteiger partial charge in [-0.25, -0.2) is 4.39 Å². The van der Waals surface area contributed by atoms with Gasteiger partial charge in [-0.1, -0.05) is 31.4 Å². The van der Waals surface area contributed by atoms with Gasteiger partial charge in [-0.15, -0.1) is 0 Å². The Morgan fingerprint density at radius 3 is 2.10 bits per heavy atom. The van der Waals surface area contributed by atoms with Crippen molar-refractivity contribution in [3.05, 3.63) is 65.7 Å². The lowest BCUT2D eigenvalue weighted by Gasteiger charge is -2.31. The number of pyridine rings is 1. The van der Waals surface area contributed by atoms with Gasteiger partial charge in [0.15, 0.2) is 0 Å². The second-order valence-corrected chi connectivity index (χ2v) is 5.71. The maximum absolute atomic E-state index is 13.2. The topological polar surface area (TPSA) is 12.9 Å². The highest BCUT2D eigenvalue weighted by molar-refractivity contribution is 5.32. The van der Waals surface area contributed by atoms with Crippen LogP contribution < -0.4 is 0 Å². The molecule has 1 unspecified atom stereocenters. The van der Waals surface area contributed by atoms with E-state index in [1.165, 1.54) is 43.2 Å². The summed E-state index contributed by atoms with van der Waals surface area (Å²) in [7, 11) is 0. The molecule has 0 spiro atoms. The van der Waals surface area contributed by atoms with Gasteiger partial charge in [-0.05, 0) is 54.2 Å². The summed E-state index contributed by atoms with van der Waals surface area (Å²) in [5.74, 6) is 0.876. The lowest BCUT2D eigenvalue weighted by Crippen LogP contribution is -2.17. The van der Waals surface area contributed by atoms with Gasteiger partial charge < -0.3 is 0 Å². The van der Waals surface area contributed by atoms with Crippen molar-refractivity contribution in [2.45, 2.75) is 38.0 Å². The first-order valence-electron chi connectivity index (χ1n) is 7.50. The van der Waals surface area contributed by atoms with E-state index < -0.39 is 0 Å². The van der Waals surface area contributed by atoms with Gasteiger partial charge in [-0.3, -0.25) is 4.98 Å². The molecule has 1 aliphatic carbocycles. The molecule has 0 bridgehead atoms. The SMILES string of the molecule is Fc1ccc(C(c2ccncc2)C2CCCCC2)cc1. The summed E-state index contributed by atoms with van der Waals surface area (Å²) in [6.07, 6.45) is 10.2. The maximum atomic E-state index is 13.2. The van der Waals surface area contributed by atoms with Crippen molar-refractivity contribution in [2.75, 3.05) is 0 Å². The van der Waals surface area contributed by atoms with Crippen molar-refractivity contribution < 1.29 is 4.39 Å². The summed E-state index contributed by atoms with van der Waals surface area (Å²) in [6.45, 7) is 0. The molecular weight excluding hydrogens is 249 g/mol. The Balaban J connectivity index is 1.96. The first-order chi connectivity index (χ1) is 9.84. The van der Waals surface area contributed by atoms with E-state index in [9.17, 15) is 4.39 Å². The Hall–Kier alpha value is -1.70. The largest absolute Gasteiger partial charge is 0.265 e. The summed E-state index contributed by atoms with van der Waals surface area (Å²) in [5.41, 5.74) is 2.53. The molecule has 2 aromatic rings. The van der Waals surface area contributed by atoms with Crippen LogP contribution in [0.1, 0.15) is 49.1 Å². The van der Waals surface area contributed by atoms with Crippen LogP contribution in [0.4, 0.5) is 4.39 Å². The van der Waals surface area contributed by atoms with Gasteiger partial charge in [0.2, 0.25) is 0 Å². The molecule has 104 valence electrons. The third-order valence-corrected chi connectivity index (χ3v) is 4.42. The molecule has 1 aromatic heterocycles. The lowest BCUT2D eigenvalue weighted by atomic mass is 9.74. The van der Waals surface area contributed by atoms with Crippen LogP contribution >= 0.6 is 0 Å². The van der Waals surface area contributed by atoms with Crippen molar-refractivity contribution in [3.8, 4) is 0 Å². The average molecular weight is 269 g/mol. The lowest BCUT2D eigenvalue weighted by molar-refractivity contribution is 0.327. The second-order valence-electron chi connectivity index (χ2n) is 5.71. The first kappa shape index (κ1) is 13.3. The highest BCUT2D eigenvalue weighted by Gasteiger charge is 2.26. The van der Waals surface area contributed by atoms with Crippen LogP contribution in [0.25, 0.3) is 0 Å². The van der Waals surface area contributed by atoms with Crippen LogP contribution in [0.2, 0.25) is 0 Å². The molecule has 0 amide bonds. The molecule has 0 aliphatic heterocycles. The van der Waals surface area contributed by atoms with E-state index >= 15 is 0 Å². The van der Waals surface area contributed by atoms with Crippen LogP contribution in [0, 0.1) is 11.7 Å². The molecule has 1 aromatic carbocycles. The minimum Gasteiger partial charge on any atom is -0.265 e. The standard InChI is InChI=1S/C18H20FN/c19-17-8-6-15(7-9-17)18(14-4-2-1-3-5-14)16-10-12-20-13-11-16/h6-14,18H,1-5H2. The van der Waals surface area contributed by atoms with Gasteiger partial charge in [0.05, 0.1) is 0 Å². The maximum Gasteiger partial charge on any atom is 0.123 e. The number of nitrogens with zero attached hydrogens (tertiary/aromatic N) is 1. The van der Waals surface area contributed by atoms with Crippen LogP contribution in [0.5, 0.6) is 0 Å². The smallest absolute Gasteiger partial charge is 0.123 e. The number of halogens is 1. The van der Waals surface area contributed by atoms with Crippen molar-refractivity contribution in [1.82, 2.24) is 4.98 Å². The van der Waals surface area contributed by atoms with E-state index in [2.05, 4.69) is 17.1 Å². The molecule has 20 heavy (non-hydrogen) atoms. The van der Waals surface area contributed by atoms with Crippen molar-refractivity contribution in [1.29, 1.82) is 0 Å². The predicted molar refractivity (Wildman–Crippen MR) is 79.1 cm³/mol. The first-order valence-corrected chi connectivity index (χ1v) is 7.50. The van der Waals surface area contributed by atoms with E-state index in [-0.39, 0.29) is 5.82 Å². The fourth-order valence-electron chi connectivity index (χ4n) is 3.45. The zero-order valence-corrected chi connectivity index (χ0v) is 11.6. The highest BCUT2D eigenvalue weighted by atomic mass is 19.1. The average Bonchev–Trinajstić information content (AvgIpc) is 2.52. The molecule has 1 atom stereocenters. The molecule has 3 rings (SSSR count). The third kappa shape index (κ3) is 2.90. The molecule has 1 nitrogen and oxygen atoms in total. The number of benzene rings is 1. The van der Waals surface area contributed by atoms with Gasteiger partial charge in [-0.2, -0.15) is 0 Å². The molecule has 1 saturated carbocycles. The van der Waals surface area contributed by atoms with E-state index in [1.54, 1.807) is 12.1 Å². The van der Waals surface area contributed by atoms with Crippen molar-refractivity contribution in [3.63, 3.8) is 0 Å². The quantitative estimate of drug-likeness (QED) is 0.769. The monoisotopic (exact) mass is 269 g/mol. The van der Waals surface area contributed by atoms with Crippen LogP contribution in [0.15, 0.2) is 48.8 Å². The number of hydrogen-bond donors (Lipinski definition) is 0. The summed E-state index contributed by atoms with van der Waals surface area (Å²) in [5, 5.41) is 0. The molecule has 2 heteroatoms. The molecule has 0 radical (unpaired) electrons. The number of aromatic nitrogens is 1. The summed E-state index contributed by atoms with van der Waals surface area (Å²) in [4.78, 5) is 4.12. The number of hydrogen-bond acceptors (Lipinski definition) is 1. The summed E-state index contributed by atoms with van der Waals surface area (Å²) >= 11 is 0. The Labute approximate surface area is 119 Å². The van der Waals surface area contributed by atoms with E-state index in [4.69, 9.17) is 0 Å². The highest BCUT2D eigenvalue weighted by Crippen LogP contribution is 2.40. The minimum absolute atomic E-state index is 0.161. The van der Waals surface area contributed by atoms with Crippen molar-refractivity contribution >= 4 is 0 Å². The zero-order valence-electron chi connectivity index (χ0n) is 11.6. The van der Waals surface area contributed by atoms with E-state index in [0.29, 0.717) is 11.8 Å². The van der Waals surface area contributed by atoms with Crippen LogP contribution in [-0.4, -0.2) is 4.98 Å². The van der Waals surface area contributed by atoms with Gasteiger partial charge in [0.1, 0.15) is 5.82 Å². The second kappa shape index (κ2) is 6.17. The summed E-state index contributed by atoms with van der Waals surface area (Å²) in [6, 6.07) is 11.2. The van der Waals surface area contributed by atoms with E-state index in [1.807, 2.05) is 24.5 Å². The molecule has 0 saturated heterocycles. The van der Waals surface area contributed by atoms with E-state index in [0.717, 1.165) is 0 Å². The van der Waals surface area contributed by atoms with Crippen LogP contribution in [-0.2, 0) is 0 Å². The molecule has 1 heterocycles. The normalized spacial score (nSPS) is 17.9. The number of rotatable bonds is 3. The fraction of sp³-hybridized carbons (Fsp3) is 0.389. The molecule has 1 fully saturated rings. The Morgan fingerprint density at radius 1 is 0.850 bits per heavy atom. The van der Waals surface area contributed by atoms with Crippen LogP contribution in [0.3, 0.4) is 0 Å². The van der Waals surface area contributed by atoms with Gasteiger partial charge in [0, 0.05) is 18.3 Å². The van der Waals surface area contributed by atoms with Gasteiger partial charge in [0.25, 0.3) is 0 Å². The molecule has 0 N–H and O–H groups in total. The van der Waals surface area contributed by atoms with Crippen molar-refractivity contribution in [2.24, 2.45) is 5.92 Å². The zero-order chi connectivity index (χ0) is 13.8. The van der Waals surface area contributed by atoms with Gasteiger partial charge >= 0.3 is 0 Å². The fourth-order valence-corrected chi connectivity index (χ4v) is 3.45.